The zero-order valence-electron chi connectivity index (χ0n) is 29.0. The van der Waals surface area contributed by atoms with E-state index in [-0.39, 0.29) is 43.6 Å². The maximum Gasteiger partial charge on any atom is 0.491 e. The van der Waals surface area contributed by atoms with Crippen LogP contribution in [0.1, 0.15) is 48.5 Å². The fourth-order valence-corrected chi connectivity index (χ4v) is 6.36. The first-order valence-electron chi connectivity index (χ1n) is 17.2. The highest BCUT2D eigenvalue weighted by atomic mass is 19.4. The van der Waals surface area contributed by atoms with Crippen molar-refractivity contribution in [2.24, 2.45) is 0 Å². The molecule has 5 aromatic rings. The van der Waals surface area contributed by atoms with Gasteiger partial charge in [-0.05, 0) is 17.5 Å². The molecule has 1 amide bonds. The summed E-state index contributed by atoms with van der Waals surface area (Å²) >= 11 is 0. The average molecular weight is 750 g/mol. The number of aliphatic hydroxyl groups is 2. The van der Waals surface area contributed by atoms with E-state index in [1.165, 1.54) is 23.4 Å². The first kappa shape index (κ1) is 37.9. The molecule has 2 aromatic carbocycles. The highest BCUT2D eigenvalue weighted by molar-refractivity contribution is 5.88. The van der Waals surface area contributed by atoms with Gasteiger partial charge in [0, 0.05) is 38.0 Å². The van der Waals surface area contributed by atoms with Gasteiger partial charge in [0.2, 0.25) is 11.9 Å². The van der Waals surface area contributed by atoms with E-state index in [1.54, 1.807) is 11.5 Å². The number of carbonyl (C=O) groups excluding carboxylic acids is 3. The second kappa shape index (κ2) is 16.4. The van der Waals surface area contributed by atoms with E-state index in [0.717, 1.165) is 11.1 Å². The molecule has 4 atom stereocenters. The number of aliphatic hydroxyl groups excluding tert-OH is 2. The van der Waals surface area contributed by atoms with Gasteiger partial charge in [-0.3, -0.25) is 4.79 Å². The number of hydrogen-bond acceptors (Lipinski definition) is 12. The van der Waals surface area contributed by atoms with E-state index in [4.69, 9.17) is 9.97 Å². The van der Waals surface area contributed by atoms with E-state index in [1.807, 2.05) is 60.7 Å². The molecule has 1 fully saturated rings. The molecular weight excluding hydrogens is 711 g/mol. The second-order valence-corrected chi connectivity index (χ2v) is 12.8. The summed E-state index contributed by atoms with van der Waals surface area (Å²) in [5, 5.41) is 31.3. The van der Waals surface area contributed by atoms with Crippen molar-refractivity contribution < 1.29 is 42.5 Å². The van der Waals surface area contributed by atoms with Gasteiger partial charge >= 0.3 is 18.1 Å². The number of nitrogens with one attached hydrogen (secondary N) is 3. The fourth-order valence-electron chi connectivity index (χ4n) is 6.36. The molecule has 1 saturated carbocycles. The highest BCUT2D eigenvalue weighted by Crippen LogP contribution is 2.35. The molecule has 1 aliphatic carbocycles. The maximum absolute atomic E-state index is 12.4. The molecule has 6 rings (SSSR count). The summed E-state index contributed by atoms with van der Waals surface area (Å²) in [7, 11) is 0. The number of alkyl halides is 3. The minimum absolute atomic E-state index is 0.0652. The van der Waals surface area contributed by atoms with Gasteiger partial charge < -0.3 is 40.0 Å². The highest BCUT2D eigenvalue weighted by Gasteiger charge is 2.44. The number of ether oxygens (including phenoxy) is 1. The summed E-state index contributed by atoms with van der Waals surface area (Å²) in [5.74, 6) is -3.71. The number of imidazole rings is 2. The number of nitrogens with zero attached hydrogens (tertiary/aromatic N) is 6. The summed E-state index contributed by atoms with van der Waals surface area (Å²) in [6.45, 7) is 1.71. The van der Waals surface area contributed by atoms with Crippen molar-refractivity contribution in [3.8, 4) is 0 Å². The Morgan fingerprint density at radius 2 is 1.63 bits per heavy atom. The minimum atomic E-state index is -5.29. The number of anilines is 2. The third kappa shape index (κ3) is 8.83. The molecule has 0 bridgehead atoms. The van der Waals surface area contributed by atoms with Gasteiger partial charge in [-0.2, -0.15) is 23.1 Å². The first-order chi connectivity index (χ1) is 25.9. The number of halogens is 3. The Bertz CT molecular complexity index is 2040. The lowest BCUT2D eigenvalue weighted by molar-refractivity contribution is -0.202. The van der Waals surface area contributed by atoms with Crippen LogP contribution in [-0.2, 0) is 32.1 Å². The van der Waals surface area contributed by atoms with Crippen LogP contribution in [0.25, 0.3) is 11.2 Å². The van der Waals surface area contributed by atoms with Gasteiger partial charge in [0.05, 0.1) is 30.4 Å². The molecule has 3 aromatic heterocycles. The summed E-state index contributed by atoms with van der Waals surface area (Å²) in [4.78, 5) is 53.1. The van der Waals surface area contributed by atoms with Crippen molar-refractivity contribution in [1.29, 1.82) is 0 Å². The molecule has 54 heavy (non-hydrogen) atoms. The van der Waals surface area contributed by atoms with Crippen LogP contribution in [0.4, 0.5) is 24.9 Å². The number of aromatic nitrogens is 6. The molecule has 0 spiro atoms. The Morgan fingerprint density at radius 1 is 0.944 bits per heavy atom. The standard InChI is InChI=1S/C36H38F3N9O6/c1-2-27(49)44-25-15-26(31(52)30(25)51)48-20-43-29-32(41-16-24(21-9-5-3-6-10-21)22-11-7-4-8-12-22)45-35(46-33(29)48)40-14-13-23-17-47(19-42-23)18-28(50)54-34(53)36(37,38)39/h3-12,17,19-20,24-26,30-31,51-52H,2,13-16,18H2,1H3,(H,44,49)(H2,40,41,45,46)/t25-,26+,30+,31-/m0/s1. The smallest absolute Gasteiger partial charge is 0.388 e. The van der Waals surface area contributed by atoms with Gasteiger partial charge in [0.1, 0.15) is 18.8 Å². The number of esters is 2. The zero-order chi connectivity index (χ0) is 38.4. The average Bonchev–Trinajstić information content (AvgIpc) is 3.86. The fraction of sp³-hybridized carbons (Fsp3) is 0.361. The van der Waals surface area contributed by atoms with E-state index in [9.17, 15) is 37.8 Å². The monoisotopic (exact) mass is 749 g/mol. The van der Waals surface area contributed by atoms with Crippen LogP contribution in [0.3, 0.4) is 0 Å². The van der Waals surface area contributed by atoms with Crippen LogP contribution >= 0.6 is 0 Å². The Balaban J connectivity index is 1.23. The second-order valence-electron chi connectivity index (χ2n) is 12.8. The zero-order valence-corrected chi connectivity index (χ0v) is 29.0. The molecular formula is C36H38F3N9O6. The predicted octanol–water partition coefficient (Wildman–Crippen LogP) is 3.11. The Morgan fingerprint density at radius 3 is 2.28 bits per heavy atom. The van der Waals surface area contributed by atoms with Crippen molar-refractivity contribution in [3.05, 3.63) is 96.3 Å². The molecule has 18 heteroatoms. The number of carbonyl (C=O) groups is 3. The quantitative estimate of drug-likeness (QED) is 0.0823. The number of rotatable bonds is 14. The van der Waals surface area contributed by atoms with Gasteiger partial charge in [0.15, 0.2) is 17.0 Å². The largest absolute Gasteiger partial charge is 0.491 e. The third-order valence-electron chi connectivity index (χ3n) is 9.08. The molecule has 0 aliphatic heterocycles. The van der Waals surface area contributed by atoms with Crippen LogP contribution in [0.2, 0.25) is 0 Å². The summed E-state index contributed by atoms with van der Waals surface area (Å²) in [6.07, 6.45) is -2.84. The Hall–Kier alpha value is -5.88. The predicted molar refractivity (Wildman–Crippen MR) is 188 cm³/mol. The van der Waals surface area contributed by atoms with Crippen LogP contribution < -0.4 is 16.0 Å². The maximum atomic E-state index is 12.4. The van der Waals surface area contributed by atoms with Crippen LogP contribution in [0.5, 0.6) is 0 Å². The summed E-state index contributed by atoms with van der Waals surface area (Å²) in [6, 6.07) is 18.6. The molecule has 0 unspecified atom stereocenters. The number of hydrogen-bond donors (Lipinski definition) is 5. The van der Waals surface area contributed by atoms with Gasteiger partial charge in [-0.15, -0.1) is 0 Å². The molecule has 1 aliphatic rings. The normalized spacial score (nSPS) is 18.5. The molecule has 284 valence electrons. The molecule has 0 radical (unpaired) electrons. The number of amides is 1. The lowest BCUT2D eigenvalue weighted by Gasteiger charge is -2.20. The van der Waals surface area contributed by atoms with Crippen molar-refractivity contribution in [2.45, 2.75) is 69.1 Å². The molecule has 15 nitrogen and oxygen atoms in total. The van der Waals surface area contributed by atoms with E-state index < -0.39 is 49.0 Å². The third-order valence-corrected chi connectivity index (χ3v) is 9.08. The van der Waals surface area contributed by atoms with Crippen LogP contribution in [0, 0.1) is 0 Å². The molecule has 3 heterocycles. The van der Waals surface area contributed by atoms with Crippen LogP contribution in [0.15, 0.2) is 79.5 Å². The summed E-state index contributed by atoms with van der Waals surface area (Å²) < 4.78 is 44.0. The SMILES string of the molecule is CCC(=O)N[C@H]1C[C@@H](n2cnc3c(NCC(c4ccccc4)c4ccccc4)nc(NCCc4cn(CC(=O)OC(=O)C(F)(F)F)cn4)nc32)[C@H](O)[C@@H]1O. The minimum Gasteiger partial charge on any atom is -0.388 e. The van der Waals surface area contributed by atoms with Crippen molar-refractivity contribution in [2.75, 3.05) is 23.7 Å². The van der Waals surface area contributed by atoms with E-state index >= 15 is 0 Å². The van der Waals surface area contributed by atoms with Crippen molar-refractivity contribution >= 4 is 40.8 Å². The lowest BCUT2D eigenvalue weighted by Crippen LogP contribution is -2.42. The first-order valence-corrected chi connectivity index (χ1v) is 17.2. The van der Waals surface area contributed by atoms with Crippen molar-refractivity contribution in [3.63, 3.8) is 0 Å². The molecule has 0 saturated heterocycles. The van der Waals surface area contributed by atoms with Crippen molar-refractivity contribution in [1.82, 2.24) is 34.4 Å². The van der Waals surface area contributed by atoms with E-state index in [2.05, 4.69) is 30.7 Å². The van der Waals surface area contributed by atoms with Gasteiger partial charge in [-0.1, -0.05) is 67.6 Å². The Kier molecular flexibility index (Phi) is 11.5. The van der Waals surface area contributed by atoms with E-state index in [0.29, 0.717) is 29.2 Å². The molecule has 5 N–H and O–H groups in total. The number of benzene rings is 2. The van der Waals surface area contributed by atoms with Gasteiger partial charge in [0.25, 0.3) is 0 Å². The topological polar surface area (TPSA) is 198 Å². The van der Waals surface area contributed by atoms with Crippen LogP contribution in [-0.4, -0.2) is 94.6 Å². The lowest BCUT2D eigenvalue weighted by atomic mass is 9.91. The summed E-state index contributed by atoms with van der Waals surface area (Å²) in [5.41, 5.74) is 3.40. The Labute approximate surface area is 306 Å². The van der Waals surface area contributed by atoms with Gasteiger partial charge in [-0.25, -0.2) is 19.6 Å². The number of fused-ring (bicyclic) bond motifs is 1.